The molecule has 0 radical (unpaired) electrons. The second-order valence-corrected chi connectivity index (χ2v) is 5.66. The zero-order valence-corrected chi connectivity index (χ0v) is 10.6. The highest BCUT2D eigenvalue weighted by Crippen LogP contribution is 2.35. The van der Waals surface area contributed by atoms with Crippen molar-refractivity contribution in [3.63, 3.8) is 0 Å². The lowest BCUT2D eigenvalue weighted by Crippen LogP contribution is -2.51. The first-order valence-electron chi connectivity index (χ1n) is 6.96. The van der Waals surface area contributed by atoms with Crippen molar-refractivity contribution in [1.29, 1.82) is 0 Å². The van der Waals surface area contributed by atoms with Crippen LogP contribution in [0.3, 0.4) is 0 Å². The molecule has 1 aliphatic carbocycles. The molecule has 0 aromatic heterocycles. The quantitative estimate of drug-likeness (QED) is 0.829. The molecule has 2 fully saturated rings. The third kappa shape index (κ3) is 3.60. The summed E-state index contributed by atoms with van der Waals surface area (Å²) in [4.78, 5) is 1.56. The van der Waals surface area contributed by atoms with E-state index in [0.717, 1.165) is 44.9 Å². The highest BCUT2D eigenvalue weighted by atomic mass is 19.4. The molecule has 2 rings (SSSR count). The first-order valence-corrected chi connectivity index (χ1v) is 6.96. The molecule has 3 unspecified atom stereocenters. The van der Waals surface area contributed by atoms with Gasteiger partial charge in [0.1, 0.15) is 0 Å². The van der Waals surface area contributed by atoms with E-state index < -0.39 is 18.8 Å². The molecule has 1 N–H and O–H groups in total. The van der Waals surface area contributed by atoms with Gasteiger partial charge in [-0.25, -0.2) is 0 Å². The van der Waals surface area contributed by atoms with Gasteiger partial charge in [0.2, 0.25) is 0 Å². The number of likely N-dealkylation sites (tertiary alicyclic amines) is 1. The van der Waals surface area contributed by atoms with Crippen LogP contribution in [0.1, 0.15) is 44.9 Å². The van der Waals surface area contributed by atoms with Gasteiger partial charge in [-0.1, -0.05) is 19.3 Å². The van der Waals surface area contributed by atoms with Crippen LogP contribution >= 0.6 is 0 Å². The van der Waals surface area contributed by atoms with Crippen molar-refractivity contribution in [2.45, 2.75) is 63.3 Å². The van der Waals surface area contributed by atoms with E-state index in [2.05, 4.69) is 0 Å². The molecule has 106 valence electrons. The summed E-state index contributed by atoms with van der Waals surface area (Å²) in [6.07, 6.45) is 1.77. The molecule has 1 saturated heterocycles. The Bertz CT molecular complexity index is 269. The van der Waals surface area contributed by atoms with Gasteiger partial charge < -0.3 is 5.11 Å². The summed E-state index contributed by atoms with van der Waals surface area (Å²) >= 11 is 0. The third-order valence-electron chi connectivity index (χ3n) is 4.32. The number of rotatable bonds is 2. The summed E-state index contributed by atoms with van der Waals surface area (Å²) in [5.74, 6) is 0.0430. The Morgan fingerprint density at radius 2 is 1.67 bits per heavy atom. The number of hydrogen-bond donors (Lipinski definition) is 1. The van der Waals surface area contributed by atoms with E-state index in [0.29, 0.717) is 6.54 Å². The van der Waals surface area contributed by atoms with Crippen LogP contribution in [0.15, 0.2) is 0 Å². The van der Waals surface area contributed by atoms with Crippen LogP contribution in [-0.2, 0) is 0 Å². The molecule has 2 aliphatic rings. The van der Waals surface area contributed by atoms with E-state index in [9.17, 15) is 18.3 Å². The molecular weight excluding hydrogens is 243 g/mol. The standard InChI is InChI=1S/C13H22F3NO/c14-13(15,16)9-17-8-4-3-6-11(17)10-5-1-2-7-12(10)18/h10-12,18H,1-9H2. The lowest BCUT2D eigenvalue weighted by Gasteiger charge is -2.43. The highest BCUT2D eigenvalue weighted by Gasteiger charge is 2.40. The highest BCUT2D eigenvalue weighted by molar-refractivity contribution is 4.89. The molecule has 0 spiro atoms. The average Bonchev–Trinajstić information content (AvgIpc) is 2.29. The van der Waals surface area contributed by atoms with E-state index in [1.807, 2.05) is 0 Å². The fraction of sp³-hybridized carbons (Fsp3) is 1.00. The Morgan fingerprint density at radius 1 is 1.00 bits per heavy atom. The molecule has 0 bridgehead atoms. The summed E-state index contributed by atoms with van der Waals surface area (Å²) in [6, 6.07) is -0.0734. The third-order valence-corrected chi connectivity index (χ3v) is 4.32. The molecule has 0 aromatic carbocycles. The molecular formula is C13H22F3NO. The Labute approximate surface area is 106 Å². The van der Waals surface area contributed by atoms with Crippen molar-refractivity contribution in [3.05, 3.63) is 0 Å². The van der Waals surface area contributed by atoms with Gasteiger partial charge in [0, 0.05) is 12.0 Å². The van der Waals surface area contributed by atoms with Gasteiger partial charge >= 0.3 is 6.18 Å². The molecule has 1 saturated carbocycles. The topological polar surface area (TPSA) is 23.5 Å². The van der Waals surface area contributed by atoms with Crippen LogP contribution in [0.4, 0.5) is 13.2 Å². The SMILES string of the molecule is OC1CCCCC1C1CCCCN1CC(F)(F)F. The Morgan fingerprint density at radius 3 is 2.33 bits per heavy atom. The minimum Gasteiger partial charge on any atom is -0.393 e. The van der Waals surface area contributed by atoms with Crippen LogP contribution in [0, 0.1) is 5.92 Å². The number of alkyl halides is 3. The minimum atomic E-state index is -4.13. The van der Waals surface area contributed by atoms with Crippen LogP contribution in [-0.4, -0.2) is 41.4 Å². The fourth-order valence-corrected chi connectivity index (χ4v) is 3.52. The Balaban J connectivity index is 2.02. The Kier molecular flexibility index (Phi) is 4.54. The predicted molar refractivity (Wildman–Crippen MR) is 63.2 cm³/mol. The molecule has 1 aliphatic heterocycles. The number of aliphatic hydroxyl groups excluding tert-OH is 1. The van der Waals surface area contributed by atoms with Gasteiger partial charge in [-0.2, -0.15) is 13.2 Å². The van der Waals surface area contributed by atoms with Gasteiger partial charge in [-0.15, -0.1) is 0 Å². The summed E-state index contributed by atoms with van der Waals surface area (Å²) in [5.41, 5.74) is 0. The first-order chi connectivity index (χ1) is 8.47. The van der Waals surface area contributed by atoms with E-state index in [-0.39, 0.29) is 12.0 Å². The first kappa shape index (κ1) is 14.1. The van der Waals surface area contributed by atoms with Gasteiger partial charge in [0.15, 0.2) is 0 Å². The molecule has 5 heteroatoms. The Hall–Kier alpha value is -0.290. The number of aliphatic hydroxyl groups is 1. The summed E-state index contributed by atoms with van der Waals surface area (Å²) in [7, 11) is 0. The van der Waals surface area contributed by atoms with Crippen LogP contribution in [0.2, 0.25) is 0 Å². The van der Waals surface area contributed by atoms with Crippen molar-refractivity contribution in [3.8, 4) is 0 Å². The zero-order valence-electron chi connectivity index (χ0n) is 10.6. The van der Waals surface area contributed by atoms with E-state index in [1.54, 1.807) is 4.90 Å². The number of hydrogen-bond acceptors (Lipinski definition) is 2. The molecule has 0 amide bonds. The van der Waals surface area contributed by atoms with Crippen molar-refractivity contribution in [2.24, 2.45) is 5.92 Å². The minimum absolute atomic E-state index is 0.0430. The molecule has 3 atom stereocenters. The monoisotopic (exact) mass is 265 g/mol. The molecule has 0 aromatic rings. The zero-order chi connectivity index (χ0) is 13.2. The van der Waals surface area contributed by atoms with Crippen LogP contribution < -0.4 is 0 Å². The fourth-order valence-electron chi connectivity index (χ4n) is 3.52. The maximum atomic E-state index is 12.6. The van der Waals surface area contributed by atoms with E-state index in [4.69, 9.17) is 0 Å². The average molecular weight is 265 g/mol. The van der Waals surface area contributed by atoms with Gasteiger partial charge in [0.05, 0.1) is 12.6 Å². The molecule has 18 heavy (non-hydrogen) atoms. The second kappa shape index (κ2) is 5.78. The number of piperidine rings is 1. The summed E-state index contributed by atoms with van der Waals surface area (Å²) in [6.45, 7) is -0.297. The second-order valence-electron chi connectivity index (χ2n) is 5.66. The summed E-state index contributed by atoms with van der Waals surface area (Å²) in [5, 5.41) is 10.0. The smallest absolute Gasteiger partial charge is 0.393 e. The number of halogens is 3. The van der Waals surface area contributed by atoms with Crippen LogP contribution in [0.5, 0.6) is 0 Å². The molecule has 1 heterocycles. The maximum Gasteiger partial charge on any atom is 0.401 e. The van der Waals surface area contributed by atoms with E-state index >= 15 is 0 Å². The lowest BCUT2D eigenvalue weighted by molar-refractivity contribution is -0.160. The van der Waals surface area contributed by atoms with Crippen LogP contribution in [0.25, 0.3) is 0 Å². The van der Waals surface area contributed by atoms with Gasteiger partial charge in [0.25, 0.3) is 0 Å². The normalized spacial score (nSPS) is 35.7. The van der Waals surface area contributed by atoms with Gasteiger partial charge in [-0.05, 0) is 32.2 Å². The number of nitrogens with zero attached hydrogens (tertiary/aromatic N) is 1. The van der Waals surface area contributed by atoms with Crippen molar-refractivity contribution in [2.75, 3.05) is 13.1 Å². The lowest BCUT2D eigenvalue weighted by atomic mass is 9.78. The maximum absolute atomic E-state index is 12.6. The van der Waals surface area contributed by atoms with Crippen molar-refractivity contribution in [1.82, 2.24) is 4.90 Å². The largest absolute Gasteiger partial charge is 0.401 e. The summed E-state index contributed by atoms with van der Waals surface area (Å²) < 4.78 is 37.7. The van der Waals surface area contributed by atoms with E-state index in [1.165, 1.54) is 0 Å². The van der Waals surface area contributed by atoms with Gasteiger partial charge in [-0.3, -0.25) is 4.90 Å². The van der Waals surface area contributed by atoms with Crippen molar-refractivity contribution >= 4 is 0 Å². The van der Waals surface area contributed by atoms with Crippen molar-refractivity contribution < 1.29 is 18.3 Å². The predicted octanol–water partition coefficient (Wildman–Crippen LogP) is 2.95. The molecule has 2 nitrogen and oxygen atoms in total.